The maximum Gasteiger partial charge on any atom is 0.319 e. The first kappa shape index (κ1) is 20.8. The number of urea groups is 1. The summed E-state index contributed by atoms with van der Waals surface area (Å²) < 4.78 is 28.9. The minimum Gasteiger partial charge on any atom is -0.331 e. The van der Waals surface area contributed by atoms with E-state index < -0.39 is 11.6 Å². The molecule has 3 rings (SSSR count). The fourth-order valence-corrected chi connectivity index (χ4v) is 3.42. The molecule has 1 N–H and O–H groups in total. The van der Waals surface area contributed by atoms with Gasteiger partial charge in [0, 0.05) is 44.2 Å². The van der Waals surface area contributed by atoms with Crippen LogP contribution >= 0.6 is 0 Å². The van der Waals surface area contributed by atoms with E-state index in [2.05, 4.69) is 10.4 Å². The summed E-state index contributed by atoms with van der Waals surface area (Å²) in [7, 11) is 3.40. The number of halogens is 2. The van der Waals surface area contributed by atoms with Gasteiger partial charge < -0.3 is 15.1 Å². The van der Waals surface area contributed by atoms with Crippen molar-refractivity contribution in [2.45, 2.75) is 26.3 Å². The molecule has 1 aromatic carbocycles. The highest BCUT2D eigenvalue weighted by atomic mass is 19.1. The number of aromatic nitrogens is 2. The van der Waals surface area contributed by atoms with Crippen molar-refractivity contribution < 1.29 is 18.4 Å². The lowest BCUT2D eigenvalue weighted by Crippen LogP contribution is -2.45. The van der Waals surface area contributed by atoms with E-state index in [1.165, 1.54) is 9.58 Å². The molecule has 1 saturated heterocycles. The molecule has 7 nitrogen and oxygen atoms in total. The van der Waals surface area contributed by atoms with E-state index in [0.717, 1.165) is 23.8 Å². The molecule has 1 aliphatic rings. The summed E-state index contributed by atoms with van der Waals surface area (Å²) in [5.41, 5.74) is 0.884. The Balaban J connectivity index is 1.67. The summed E-state index contributed by atoms with van der Waals surface area (Å²) >= 11 is 0. The van der Waals surface area contributed by atoms with Gasteiger partial charge in [0.25, 0.3) is 0 Å². The second kappa shape index (κ2) is 8.59. The quantitative estimate of drug-likeness (QED) is 0.850. The van der Waals surface area contributed by atoms with Gasteiger partial charge in [-0.15, -0.1) is 0 Å². The molecule has 1 aliphatic heterocycles. The lowest BCUT2D eigenvalue weighted by molar-refractivity contribution is -0.121. The molecule has 0 saturated carbocycles. The summed E-state index contributed by atoms with van der Waals surface area (Å²) in [4.78, 5) is 28.0. The van der Waals surface area contributed by atoms with Crippen molar-refractivity contribution in [1.82, 2.24) is 19.6 Å². The van der Waals surface area contributed by atoms with Crippen molar-refractivity contribution in [1.29, 1.82) is 0 Å². The predicted octanol–water partition coefficient (Wildman–Crippen LogP) is 2.85. The van der Waals surface area contributed by atoms with Crippen LogP contribution in [-0.2, 0) is 11.3 Å². The Morgan fingerprint density at radius 1 is 1.24 bits per heavy atom. The van der Waals surface area contributed by atoms with Crippen molar-refractivity contribution in [3.8, 4) is 0 Å². The second-order valence-electron chi connectivity index (χ2n) is 7.50. The molecule has 2 aromatic rings. The molecule has 0 aliphatic carbocycles. The Kier molecular flexibility index (Phi) is 6.14. The molecule has 1 fully saturated rings. The first-order chi connectivity index (χ1) is 13.8. The molecule has 2 heterocycles. The lowest BCUT2D eigenvalue weighted by Gasteiger charge is -2.33. The Bertz CT molecular complexity index is 904. The number of carbonyl (C=O) groups excluding carboxylic acids is 2. The van der Waals surface area contributed by atoms with Crippen LogP contribution in [0.5, 0.6) is 0 Å². The van der Waals surface area contributed by atoms with Crippen molar-refractivity contribution in [3.05, 3.63) is 47.2 Å². The minimum atomic E-state index is -0.533. The molecule has 0 atom stereocenters. The minimum absolute atomic E-state index is 0.00281. The number of amides is 3. The van der Waals surface area contributed by atoms with Gasteiger partial charge in [0.05, 0.1) is 12.7 Å². The van der Waals surface area contributed by atoms with E-state index in [4.69, 9.17) is 0 Å². The van der Waals surface area contributed by atoms with E-state index >= 15 is 0 Å². The number of aryl methyl sites for hydroxylation is 1. The average Bonchev–Trinajstić information content (AvgIpc) is 3.03. The third-order valence-corrected chi connectivity index (χ3v) is 5.11. The van der Waals surface area contributed by atoms with E-state index in [9.17, 15) is 18.4 Å². The van der Waals surface area contributed by atoms with Crippen LogP contribution in [0.4, 0.5) is 19.4 Å². The first-order valence-corrected chi connectivity index (χ1v) is 9.49. The van der Waals surface area contributed by atoms with Crippen LogP contribution in [-0.4, -0.2) is 58.7 Å². The summed E-state index contributed by atoms with van der Waals surface area (Å²) in [6.07, 6.45) is 2.71. The number of nitrogens with one attached hydrogen (secondary N) is 1. The highest BCUT2D eigenvalue weighted by molar-refractivity contribution is 5.92. The molecule has 3 amide bonds. The van der Waals surface area contributed by atoms with Crippen LogP contribution < -0.4 is 5.32 Å². The van der Waals surface area contributed by atoms with Crippen LogP contribution in [0.25, 0.3) is 0 Å². The highest BCUT2D eigenvalue weighted by Crippen LogP contribution is 2.23. The Morgan fingerprint density at radius 2 is 1.93 bits per heavy atom. The molecule has 0 spiro atoms. The van der Waals surface area contributed by atoms with Gasteiger partial charge in [-0.05, 0) is 38.0 Å². The molecular formula is C20H25F2N5O2. The Hall–Kier alpha value is -2.97. The first-order valence-electron chi connectivity index (χ1n) is 9.49. The average molecular weight is 405 g/mol. The fraction of sp³-hybridized carbons (Fsp3) is 0.450. The van der Waals surface area contributed by atoms with Gasteiger partial charge in [0.1, 0.15) is 17.5 Å². The van der Waals surface area contributed by atoms with Crippen LogP contribution in [0.15, 0.2) is 24.4 Å². The standard InChI is InChI=1S/C20H25F2N5O2/c1-13-11-23-27(12-15-10-16(21)4-5-17(15)22)18(13)24-19(28)14-6-8-26(9-7-14)20(29)25(2)3/h4-5,10-11,14H,6-9,12H2,1-3H3,(H,24,28). The number of likely N-dealkylation sites (tertiary alicyclic amines) is 1. The topological polar surface area (TPSA) is 70.5 Å². The van der Waals surface area contributed by atoms with Gasteiger partial charge in [-0.1, -0.05) is 0 Å². The van der Waals surface area contributed by atoms with E-state index in [0.29, 0.717) is 31.7 Å². The Morgan fingerprint density at radius 3 is 2.59 bits per heavy atom. The number of hydrogen-bond donors (Lipinski definition) is 1. The van der Waals surface area contributed by atoms with Gasteiger partial charge in [0.15, 0.2) is 0 Å². The fourth-order valence-electron chi connectivity index (χ4n) is 3.42. The van der Waals surface area contributed by atoms with Crippen LogP contribution in [0.2, 0.25) is 0 Å². The van der Waals surface area contributed by atoms with Crippen molar-refractivity contribution in [3.63, 3.8) is 0 Å². The summed E-state index contributed by atoms with van der Waals surface area (Å²) in [6, 6.07) is 3.19. The normalized spacial score (nSPS) is 14.7. The maximum absolute atomic E-state index is 14.0. The van der Waals surface area contributed by atoms with Crippen molar-refractivity contribution in [2.24, 2.45) is 5.92 Å². The van der Waals surface area contributed by atoms with Crippen molar-refractivity contribution >= 4 is 17.8 Å². The molecule has 0 unspecified atom stereocenters. The van der Waals surface area contributed by atoms with Crippen LogP contribution in [0.3, 0.4) is 0 Å². The van der Waals surface area contributed by atoms with Crippen LogP contribution in [0, 0.1) is 24.5 Å². The van der Waals surface area contributed by atoms with E-state index in [1.807, 2.05) is 0 Å². The number of benzene rings is 1. The third-order valence-electron chi connectivity index (χ3n) is 5.11. The number of nitrogens with zero attached hydrogens (tertiary/aromatic N) is 4. The summed E-state index contributed by atoms with van der Waals surface area (Å²) in [5.74, 6) is -0.989. The molecule has 29 heavy (non-hydrogen) atoms. The zero-order valence-electron chi connectivity index (χ0n) is 16.8. The summed E-state index contributed by atoms with van der Waals surface area (Å²) in [5, 5.41) is 7.07. The predicted molar refractivity (Wildman–Crippen MR) is 104 cm³/mol. The zero-order chi connectivity index (χ0) is 21.1. The van der Waals surface area contributed by atoms with Gasteiger partial charge in [0.2, 0.25) is 5.91 Å². The smallest absolute Gasteiger partial charge is 0.319 e. The van der Waals surface area contributed by atoms with Gasteiger partial charge in [-0.2, -0.15) is 5.10 Å². The zero-order valence-corrected chi connectivity index (χ0v) is 16.8. The molecule has 156 valence electrons. The third kappa shape index (κ3) is 4.72. The van der Waals surface area contributed by atoms with Gasteiger partial charge in [-0.25, -0.2) is 18.3 Å². The number of anilines is 1. The monoisotopic (exact) mass is 405 g/mol. The maximum atomic E-state index is 14.0. The molecule has 0 radical (unpaired) electrons. The molecule has 9 heteroatoms. The SMILES string of the molecule is Cc1cnn(Cc2cc(F)ccc2F)c1NC(=O)C1CCN(C(=O)N(C)C)CC1. The van der Waals surface area contributed by atoms with Gasteiger partial charge >= 0.3 is 6.03 Å². The number of piperidine rings is 1. The summed E-state index contributed by atoms with van der Waals surface area (Å²) in [6.45, 7) is 2.83. The number of rotatable bonds is 4. The molecule has 0 bridgehead atoms. The largest absolute Gasteiger partial charge is 0.331 e. The van der Waals surface area contributed by atoms with E-state index in [-0.39, 0.29) is 30.0 Å². The van der Waals surface area contributed by atoms with Crippen LogP contribution in [0.1, 0.15) is 24.0 Å². The highest BCUT2D eigenvalue weighted by Gasteiger charge is 2.28. The second-order valence-corrected chi connectivity index (χ2v) is 7.50. The Labute approximate surface area is 168 Å². The molecular weight excluding hydrogens is 380 g/mol. The van der Waals surface area contributed by atoms with E-state index in [1.54, 1.807) is 32.1 Å². The molecule has 1 aromatic heterocycles. The number of carbonyl (C=O) groups is 2. The lowest BCUT2D eigenvalue weighted by atomic mass is 9.96. The van der Waals surface area contributed by atoms with Crippen molar-refractivity contribution in [2.75, 3.05) is 32.5 Å². The van der Waals surface area contributed by atoms with Gasteiger partial charge in [-0.3, -0.25) is 4.79 Å². The number of hydrogen-bond acceptors (Lipinski definition) is 3.